The number of anilines is 2. The number of Topliss-reactive ketones (excluding diaryl/α,β-unsaturated/α-hetero) is 2. The smallest absolute Gasteiger partial charge is 0.259 e. The summed E-state index contributed by atoms with van der Waals surface area (Å²) >= 11 is 6.78. The van der Waals surface area contributed by atoms with Gasteiger partial charge in [-0.05, 0) is 93.2 Å². The van der Waals surface area contributed by atoms with Gasteiger partial charge in [-0.15, -0.1) is 0 Å². The number of amides is 1. The summed E-state index contributed by atoms with van der Waals surface area (Å²) in [5.74, 6) is 2.38. The lowest BCUT2D eigenvalue weighted by Gasteiger charge is -2.40. The van der Waals surface area contributed by atoms with E-state index in [0.29, 0.717) is 59.7 Å². The molecule has 254 valence electrons. The molecule has 1 amide bonds. The Kier molecular flexibility index (Phi) is 9.92. The zero-order valence-electron chi connectivity index (χ0n) is 28.2. The van der Waals surface area contributed by atoms with Gasteiger partial charge in [-0.1, -0.05) is 11.6 Å². The Morgan fingerprint density at radius 1 is 0.958 bits per heavy atom. The van der Waals surface area contributed by atoms with Gasteiger partial charge in [-0.3, -0.25) is 19.2 Å². The van der Waals surface area contributed by atoms with Gasteiger partial charge >= 0.3 is 0 Å². The van der Waals surface area contributed by atoms with Crippen LogP contribution in [0.1, 0.15) is 66.4 Å². The average molecular weight is 674 g/mol. The van der Waals surface area contributed by atoms with Crippen molar-refractivity contribution in [3.63, 3.8) is 0 Å². The number of nitrogens with one attached hydrogen (secondary N) is 1. The Labute approximate surface area is 286 Å². The molecule has 1 aliphatic carbocycles. The Balaban J connectivity index is 1.03. The Bertz CT molecular complexity index is 1770. The first kappa shape index (κ1) is 33.7. The highest BCUT2D eigenvalue weighted by Crippen LogP contribution is 2.38. The number of piperidine rings is 2. The third-order valence-electron chi connectivity index (χ3n) is 10.6. The molecule has 4 heterocycles. The number of methoxy groups -OCH3 is 1. The molecular weight excluding hydrogens is 630 g/mol. The molecule has 11 heteroatoms. The van der Waals surface area contributed by atoms with Crippen LogP contribution in [-0.4, -0.2) is 71.3 Å². The van der Waals surface area contributed by atoms with Crippen LogP contribution >= 0.6 is 11.6 Å². The van der Waals surface area contributed by atoms with Crippen molar-refractivity contribution in [2.24, 2.45) is 18.9 Å². The van der Waals surface area contributed by atoms with E-state index < -0.39 is 0 Å². The summed E-state index contributed by atoms with van der Waals surface area (Å²) in [5.41, 5.74) is 4.35. The number of halogens is 1. The molecule has 0 spiro atoms. The van der Waals surface area contributed by atoms with Crippen molar-refractivity contribution in [2.75, 3.05) is 43.5 Å². The molecule has 1 unspecified atom stereocenters. The van der Waals surface area contributed by atoms with E-state index in [1.165, 1.54) is 0 Å². The van der Waals surface area contributed by atoms with Crippen LogP contribution < -0.4 is 20.5 Å². The van der Waals surface area contributed by atoms with Gasteiger partial charge in [-0.25, -0.2) is 4.98 Å². The van der Waals surface area contributed by atoms with Crippen molar-refractivity contribution in [3.8, 4) is 16.9 Å². The van der Waals surface area contributed by atoms with Crippen LogP contribution in [0, 0.1) is 25.7 Å². The maximum Gasteiger partial charge on any atom is 0.259 e. The van der Waals surface area contributed by atoms with Crippen molar-refractivity contribution < 1.29 is 19.1 Å². The van der Waals surface area contributed by atoms with Crippen molar-refractivity contribution in [3.05, 3.63) is 68.7 Å². The van der Waals surface area contributed by atoms with E-state index in [0.717, 1.165) is 67.0 Å². The van der Waals surface area contributed by atoms with E-state index in [1.807, 2.05) is 36.9 Å². The maximum absolute atomic E-state index is 13.8. The highest BCUT2D eigenvalue weighted by molar-refractivity contribution is 6.34. The van der Waals surface area contributed by atoms with E-state index in [-0.39, 0.29) is 35.5 Å². The topological polar surface area (TPSA) is 114 Å². The lowest BCUT2D eigenvalue weighted by Crippen LogP contribution is -2.43. The molecule has 6 rings (SSSR count). The second-order valence-electron chi connectivity index (χ2n) is 13.5. The minimum absolute atomic E-state index is 0.0185. The predicted molar refractivity (Wildman–Crippen MR) is 187 cm³/mol. The van der Waals surface area contributed by atoms with E-state index in [2.05, 4.69) is 15.2 Å². The molecule has 48 heavy (non-hydrogen) atoms. The molecule has 1 N–H and O–H groups in total. The molecule has 2 aromatic heterocycles. The number of hydrogen-bond donors (Lipinski definition) is 1. The van der Waals surface area contributed by atoms with Crippen LogP contribution in [0.2, 0.25) is 5.02 Å². The van der Waals surface area contributed by atoms with E-state index in [9.17, 15) is 19.2 Å². The minimum atomic E-state index is -0.320. The third kappa shape index (κ3) is 6.86. The summed E-state index contributed by atoms with van der Waals surface area (Å²) in [6.07, 6.45) is 8.63. The second kappa shape index (κ2) is 14.1. The van der Waals surface area contributed by atoms with Crippen molar-refractivity contribution in [1.82, 2.24) is 14.5 Å². The molecule has 0 radical (unpaired) electrons. The van der Waals surface area contributed by atoms with Gasteiger partial charge in [0.2, 0.25) is 0 Å². The lowest BCUT2D eigenvalue weighted by atomic mass is 9.78. The quantitative estimate of drug-likeness (QED) is 0.323. The van der Waals surface area contributed by atoms with Gasteiger partial charge < -0.3 is 24.4 Å². The summed E-state index contributed by atoms with van der Waals surface area (Å²) in [5, 5.41) is 3.58. The van der Waals surface area contributed by atoms with Crippen molar-refractivity contribution in [2.45, 2.75) is 64.8 Å². The van der Waals surface area contributed by atoms with Gasteiger partial charge in [0.15, 0.2) is 5.78 Å². The molecule has 10 nitrogen and oxygen atoms in total. The number of ketones is 2. The first-order valence-corrected chi connectivity index (χ1v) is 17.3. The Morgan fingerprint density at radius 3 is 2.27 bits per heavy atom. The fourth-order valence-corrected chi connectivity index (χ4v) is 7.88. The number of aromatic nitrogens is 2. The number of aryl methyl sites for hydroxylation is 1. The second-order valence-corrected chi connectivity index (χ2v) is 13.9. The van der Waals surface area contributed by atoms with E-state index in [1.54, 1.807) is 37.2 Å². The minimum Gasteiger partial charge on any atom is -0.496 e. The highest BCUT2D eigenvalue weighted by Gasteiger charge is 2.33. The molecule has 3 fully saturated rings. The molecule has 3 aliphatic rings. The summed E-state index contributed by atoms with van der Waals surface area (Å²) in [6.45, 7) is 6.95. The number of carbonyl (C=O) groups is 3. The van der Waals surface area contributed by atoms with Crippen LogP contribution in [-0.2, 0) is 16.6 Å². The normalized spacial score (nSPS) is 19.5. The molecule has 1 atom stereocenters. The fraction of sp³-hybridized carbons (Fsp3) is 0.486. The third-order valence-corrected chi connectivity index (χ3v) is 10.9. The van der Waals surface area contributed by atoms with Crippen LogP contribution in [0.4, 0.5) is 11.5 Å². The molecule has 1 aromatic carbocycles. The highest BCUT2D eigenvalue weighted by atomic mass is 35.5. The monoisotopic (exact) mass is 673 g/mol. The first-order valence-electron chi connectivity index (χ1n) is 16.9. The fourth-order valence-electron chi connectivity index (χ4n) is 7.59. The van der Waals surface area contributed by atoms with Gasteiger partial charge in [-0.2, -0.15) is 0 Å². The van der Waals surface area contributed by atoms with Gasteiger partial charge in [0.25, 0.3) is 11.5 Å². The Morgan fingerprint density at radius 2 is 1.65 bits per heavy atom. The van der Waals surface area contributed by atoms with Crippen LogP contribution in [0.15, 0.2) is 41.5 Å². The van der Waals surface area contributed by atoms with Gasteiger partial charge in [0.05, 0.1) is 36.5 Å². The average Bonchev–Trinajstić information content (AvgIpc) is 3.10. The maximum atomic E-state index is 13.8. The molecule has 3 aromatic rings. The van der Waals surface area contributed by atoms with Crippen LogP contribution in [0.3, 0.4) is 0 Å². The van der Waals surface area contributed by atoms with Crippen LogP contribution in [0.25, 0.3) is 11.1 Å². The largest absolute Gasteiger partial charge is 0.496 e. The lowest BCUT2D eigenvalue weighted by molar-refractivity contribution is -0.130. The number of likely N-dealkylation sites (tertiary alicyclic amines) is 1. The van der Waals surface area contributed by atoms with Crippen LogP contribution in [0.5, 0.6) is 5.75 Å². The van der Waals surface area contributed by atoms with Crippen molar-refractivity contribution >= 4 is 40.6 Å². The molecule has 1 saturated carbocycles. The molecule has 2 aliphatic heterocycles. The Hall–Kier alpha value is -4.18. The van der Waals surface area contributed by atoms with E-state index in [4.69, 9.17) is 16.3 Å². The van der Waals surface area contributed by atoms with Gasteiger partial charge in [0.1, 0.15) is 22.9 Å². The standard InChI is InChI=1S/C37H44ClN5O5/c1-22-23(2)36(46)41(3)21-29(22)26-17-30(38)35(33(18-26)48-4)37(47)43-15-11-25(12-16-43)24-9-13-42(14-10-24)34-8-5-27(20-39-34)40-31-7-6-28(44)19-32(31)45/h5,8,17-18,20-21,24-25,31,40H,6-7,9-16,19H2,1-4H3. The first-order chi connectivity index (χ1) is 23.0. The number of hydrogen-bond acceptors (Lipinski definition) is 8. The molecule has 0 bridgehead atoms. The van der Waals surface area contributed by atoms with Crippen molar-refractivity contribution in [1.29, 1.82) is 0 Å². The number of carbonyl (C=O) groups excluding carboxylic acids is 3. The number of pyridine rings is 2. The zero-order valence-corrected chi connectivity index (χ0v) is 28.9. The SMILES string of the molecule is COc1cc(-c2cn(C)c(=O)c(C)c2C)cc(Cl)c1C(=O)N1CCC(C2CCN(c3ccc(NC4CCC(=O)CC4=O)cn3)CC2)CC1. The summed E-state index contributed by atoms with van der Waals surface area (Å²) in [7, 11) is 3.28. The number of benzene rings is 1. The molecule has 2 saturated heterocycles. The number of nitrogens with zero attached hydrogens (tertiary/aromatic N) is 4. The summed E-state index contributed by atoms with van der Waals surface area (Å²) in [4.78, 5) is 58.8. The van der Waals surface area contributed by atoms with Gasteiger partial charge in [0, 0.05) is 57.0 Å². The molecular formula is C37H44ClN5O5. The number of ether oxygens (including phenoxy) is 1. The predicted octanol–water partition coefficient (Wildman–Crippen LogP) is 5.60. The number of rotatable bonds is 7. The summed E-state index contributed by atoms with van der Waals surface area (Å²) < 4.78 is 7.26. The zero-order chi connectivity index (χ0) is 34.1. The summed E-state index contributed by atoms with van der Waals surface area (Å²) in [6, 6.07) is 7.28. The van der Waals surface area contributed by atoms with E-state index >= 15 is 0 Å².